The van der Waals surface area contributed by atoms with E-state index in [1.165, 1.54) is 0 Å². The van der Waals surface area contributed by atoms with E-state index in [4.69, 9.17) is 9.97 Å². The van der Waals surface area contributed by atoms with E-state index >= 15 is 0 Å². The molecule has 1 fully saturated rings. The minimum absolute atomic E-state index is 0.0993. The molecule has 1 aliphatic rings. The number of fused-ring (bicyclic) bond motifs is 2. The minimum Gasteiger partial charge on any atom is -0.350 e. The van der Waals surface area contributed by atoms with Gasteiger partial charge >= 0.3 is 5.69 Å². The second kappa shape index (κ2) is 8.43. The number of carbonyl (C=O) groups is 1. The van der Waals surface area contributed by atoms with Gasteiger partial charge in [-0.3, -0.25) is 9.20 Å². The number of benzene rings is 2. The number of nitrogens with zero attached hydrogens (tertiary/aromatic N) is 5. The van der Waals surface area contributed by atoms with Crippen LogP contribution in [0, 0.1) is 0 Å². The van der Waals surface area contributed by atoms with Gasteiger partial charge in [0.25, 0.3) is 0 Å². The van der Waals surface area contributed by atoms with Crippen LogP contribution in [0.15, 0.2) is 65.7 Å². The van der Waals surface area contributed by atoms with Crippen LogP contribution in [-0.2, 0) is 11.2 Å². The Morgan fingerprint density at radius 2 is 1.77 bits per heavy atom. The van der Waals surface area contributed by atoms with Crippen molar-refractivity contribution in [3.8, 4) is 11.3 Å². The highest BCUT2D eigenvalue weighted by atomic mass is 16.2. The molecule has 0 bridgehead atoms. The molecule has 0 radical (unpaired) electrons. The van der Waals surface area contributed by atoms with Crippen molar-refractivity contribution in [1.29, 1.82) is 0 Å². The van der Waals surface area contributed by atoms with E-state index in [1.807, 2.05) is 47.5 Å². The first-order valence-corrected chi connectivity index (χ1v) is 11.7. The van der Waals surface area contributed by atoms with E-state index in [0.29, 0.717) is 32.6 Å². The second-order valence-electron chi connectivity index (χ2n) is 8.85. The average Bonchev–Trinajstić information content (AvgIpc) is 3.43. The molecule has 1 aliphatic heterocycles. The lowest BCUT2D eigenvalue weighted by Gasteiger charge is -2.34. The molecule has 3 aromatic heterocycles. The van der Waals surface area contributed by atoms with Gasteiger partial charge in [0, 0.05) is 57.5 Å². The smallest absolute Gasteiger partial charge is 0.323 e. The van der Waals surface area contributed by atoms with Crippen LogP contribution in [-0.4, -0.2) is 61.3 Å². The van der Waals surface area contributed by atoms with Crippen LogP contribution in [0.25, 0.3) is 27.9 Å². The fourth-order valence-electron chi connectivity index (χ4n) is 4.87. The highest BCUT2D eigenvalue weighted by Gasteiger charge is 2.24. The zero-order valence-corrected chi connectivity index (χ0v) is 19.4. The van der Waals surface area contributed by atoms with Crippen LogP contribution in [0.2, 0.25) is 0 Å². The molecule has 2 aromatic carbocycles. The Balaban J connectivity index is 1.49. The van der Waals surface area contributed by atoms with Gasteiger partial charge in [-0.15, -0.1) is 0 Å². The Morgan fingerprint density at radius 3 is 2.54 bits per heavy atom. The minimum atomic E-state index is -0.226. The number of H-pyrrole nitrogens is 2. The fourth-order valence-corrected chi connectivity index (χ4v) is 4.87. The number of hydrogen-bond donors (Lipinski definition) is 2. The number of amides is 1. The highest BCUT2D eigenvalue weighted by molar-refractivity contribution is 5.83. The Kier molecular flexibility index (Phi) is 5.09. The average molecular weight is 468 g/mol. The van der Waals surface area contributed by atoms with Crippen molar-refractivity contribution >= 4 is 28.4 Å². The maximum atomic E-state index is 11.8. The standard InChI is InChI=1S/C26H25N7O2/c1-17(34)31-11-13-32(14-12-31)24-25-28-22(15-18-5-3-2-4-6-18)23(33(25)10-9-27-24)19-7-8-20-21(16-19)30-26(35)29-20/h2-10,16H,11-15H2,1H3,(H2,29,30,35). The van der Waals surface area contributed by atoms with Crippen molar-refractivity contribution in [2.45, 2.75) is 13.3 Å². The molecule has 9 nitrogen and oxygen atoms in total. The summed E-state index contributed by atoms with van der Waals surface area (Å²) < 4.78 is 2.09. The van der Waals surface area contributed by atoms with Crippen LogP contribution in [0.4, 0.5) is 5.82 Å². The number of aromatic amines is 2. The summed E-state index contributed by atoms with van der Waals surface area (Å²) in [5.41, 5.74) is 6.11. The Labute approximate surface area is 201 Å². The predicted molar refractivity (Wildman–Crippen MR) is 135 cm³/mol. The predicted octanol–water partition coefficient (Wildman–Crippen LogP) is 2.83. The van der Waals surface area contributed by atoms with Gasteiger partial charge in [0.05, 0.1) is 22.4 Å². The summed E-state index contributed by atoms with van der Waals surface area (Å²) in [5.74, 6) is 0.912. The Bertz CT molecular complexity index is 1590. The lowest BCUT2D eigenvalue weighted by atomic mass is 10.0. The number of imidazole rings is 2. The molecule has 1 saturated heterocycles. The van der Waals surface area contributed by atoms with Crippen LogP contribution in [0.5, 0.6) is 0 Å². The van der Waals surface area contributed by atoms with Crippen molar-refractivity contribution in [2.75, 3.05) is 31.1 Å². The van der Waals surface area contributed by atoms with Gasteiger partial charge in [-0.05, 0) is 17.7 Å². The fraction of sp³-hybridized carbons (Fsp3) is 0.231. The van der Waals surface area contributed by atoms with Crippen LogP contribution in [0.3, 0.4) is 0 Å². The largest absolute Gasteiger partial charge is 0.350 e. The third kappa shape index (κ3) is 3.84. The Hall–Kier alpha value is -4.40. The monoisotopic (exact) mass is 467 g/mol. The lowest BCUT2D eigenvalue weighted by molar-refractivity contribution is -0.129. The first-order chi connectivity index (χ1) is 17.1. The molecular weight excluding hydrogens is 442 g/mol. The summed E-state index contributed by atoms with van der Waals surface area (Å²) in [4.78, 5) is 43.1. The van der Waals surface area contributed by atoms with E-state index in [1.54, 1.807) is 13.1 Å². The van der Waals surface area contributed by atoms with Crippen LogP contribution < -0.4 is 10.6 Å². The summed E-state index contributed by atoms with van der Waals surface area (Å²) >= 11 is 0. The molecule has 35 heavy (non-hydrogen) atoms. The Morgan fingerprint density at radius 1 is 1.00 bits per heavy atom. The summed E-state index contributed by atoms with van der Waals surface area (Å²) in [6.45, 7) is 4.36. The van der Waals surface area contributed by atoms with Gasteiger partial charge in [0.1, 0.15) is 0 Å². The molecule has 9 heteroatoms. The second-order valence-corrected chi connectivity index (χ2v) is 8.85. The van der Waals surface area contributed by atoms with Crippen LogP contribution >= 0.6 is 0 Å². The normalized spacial score (nSPS) is 14.2. The summed E-state index contributed by atoms with van der Waals surface area (Å²) in [6.07, 6.45) is 4.40. The van der Waals surface area contributed by atoms with Crippen molar-refractivity contribution < 1.29 is 4.79 Å². The van der Waals surface area contributed by atoms with Crippen molar-refractivity contribution in [3.05, 3.63) is 82.7 Å². The van der Waals surface area contributed by atoms with E-state index in [-0.39, 0.29) is 11.6 Å². The molecule has 0 saturated carbocycles. The van der Waals surface area contributed by atoms with E-state index in [2.05, 4.69) is 31.4 Å². The maximum Gasteiger partial charge on any atom is 0.323 e. The number of nitrogens with one attached hydrogen (secondary N) is 2. The van der Waals surface area contributed by atoms with Crippen molar-refractivity contribution in [3.63, 3.8) is 0 Å². The van der Waals surface area contributed by atoms with Gasteiger partial charge in [0.2, 0.25) is 5.91 Å². The van der Waals surface area contributed by atoms with Gasteiger partial charge in [-0.25, -0.2) is 14.8 Å². The van der Waals surface area contributed by atoms with Gasteiger partial charge < -0.3 is 19.8 Å². The van der Waals surface area contributed by atoms with Gasteiger partial charge in [-0.1, -0.05) is 36.4 Å². The zero-order chi connectivity index (χ0) is 23.9. The third-order valence-electron chi connectivity index (χ3n) is 6.62. The number of carbonyl (C=O) groups excluding carboxylic acids is 1. The maximum absolute atomic E-state index is 11.8. The van der Waals surface area contributed by atoms with Gasteiger partial charge in [-0.2, -0.15) is 0 Å². The highest BCUT2D eigenvalue weighted by Crippen LogP contribution is 2.31. The molecule has 0 atom stereocenters. The topological polar surface area (TPSA) is 102 Å². The number of aromatic nitrogens is 5. The van der Waals surface area contributed by atoms with Crippen molar-refractivity contribution in [2.24, 2.45) is 0 Å². The number of rotatable bonds is 4. The molecule has 0 spiro atoms. The molecule has 0 unspecified atom stereocenters. The third-order valence-corrected chi connectivity index (χ3v) is 6.62. The van der Waals surface area contributed by atoms with Crippen molar-refractivity contribution in [1.82, 2.24) is 29.2 Å². The molecule has 6 rings (SSSR count). The van der Waals surface area contributed by atoms with E-state index < -0.39 is 0 Å². The summed E-state index contributed by atoms with van der Waals surface area (Å²) in [5, 5.41) is 0. The first kappa shape index (κ1) is 21.2. The molecule has 0 aliphatic carbocycles. The molecular formula is C26H25N7O2. The molecule has 1 amide bonds. The number of hydrogen-bond acceptors (Lipinski definition) is 5. The molecule has 4 heterocycles. The number of anilines is 1. The SMILES string of the molecule is CC(=O)N1CCN(c2nccn3c(-c4ccc5[nH]c(=O)[nH]c5c4)c(Cc4ccccc4)nc23)CC1. The molecule has 5 aromatic rings. The first-order valence-electron chi connectivity index (χ1n) is 11.7. The lowest BCUT2D eigenvalue weighted by Crippen LogP contribution is -2.48. The van der Waals surface area contributed by atoms with Crippen LogP contribution in [0.1, 0.15) is 18.2 Å². The molecule has 176 valence electrons. The molecule has 2 N–H and O–H groups in total. The summed E-state index contributed by atoms with van der Waals surface area (Å²) in [7, 11) is 0. The van der Waals surface area contributed by atoms with E-state index in [0.717, 1.165) is 45.0 Å². The van der Waals surface area contributed by atoms with E-state index in [9.17, 15) is 9.59 Å². The van der Waals surface area contributed by atoms with Gasteiger partial charge in [0.15, 0.2) is 11.5 Å². The number of piperazine rings is 1. The quantitative estimate of drug-likeness (QED) is 0.423. The zero-order valence-electron chi connectivity index (χ0n) is 19.4. The summed E-state index contributed by atoms with van der Waals surface area (Å²) in [6, 6.07) is 16.2.